The lowest BCUT2D eigenvalue weighted by molar-refractivity contribution is 0.535. The average molecular weight is 1010 g/mol. The number of rotatable bonds is 14. The van der Waals surface area contributed by atoms with E-state index in [1.165, 1.54) is 82.0 Å². The Bertz CT molecular complexity index is 3640. The molecule has 0 saturated heterocycles. The van der Waals surface area contributed by atoms with Crippen LogP contribution in [-0.4, -0.2) is 13.6 Å². The molecular formula is C74H64N2Si. The molecule has 0 fully saturated rings. The Balaban J connectivity index is 0.813. The summed E-state index contributed by atoms with van der Waals surface area (Å²) < 4.78 is 0. The van der Waals surface area contributed by atoms with E-state index in [-0.39, 0.29) is 11.5 Å². The molecule has 0 spiro atoms. The van der Waals surface area contributed by atoms with Crippen LogP contribution < -0.4 is 31.4 Å². The molecule has 3 atom stereocenters. The van der Waals surface area contributed by atoms with Crippen molar-refractivity contribution >= 4 is 57.0 Å². The minimum Gasteiger partial charge on any atom is -0.376 e. The van der Waals surface area contributed by atoms with Crippen LogP contribution in [0.3, 0.4) is 0 Å². The van der Waals surface area contributed by atoms with Crippen LogP contribution in [0.4, 0.5) is 17.1 Å². The van der Waals surface area contributed by atoms with Crippen molar-refractivity contribution in [3.05, 3.63) is 308 Å². The maximum Gasteiger partial charge on any atom is 0.179 e. The predicted octanol–water partition coefficient (Wildman–Crippen LogP) is 16.6. The maximum atomic E-state index is 4.15. The fraction of sp³-hybridized carbons (Fsp3) is 0.108. The summed E-state index contributed by atoms with van der Waals surface area (Å²) in [6.45, 7) is 4.75. The van der Waals surface area contributed by atoms with Gasteiger partial charge in [0.15, 0.2) is 8.07 Å². The summed E-state index contributed by atoms with van der Waals surface area (Å²) >= 11 is 0. The number of para-hydroxylation sites is 1. The lowest BCUT2D eigenvalue weighted by Crippen LogP contribution is -2.74. The highest BCUT2D eigenvalue weighted by molar-refractivity contribution is 7.19. The van der Waals surface area contributed by atoms with Crippen molar-refractivity contribution in [3.8, 4) is 33.4 Å². The molecule has 3 unspecified atom stereocenters. The summed E-state index contributed by atoms with van der Waals surface area (Å²) in [7, 11) is -2.67. The Morgan fingerprint density at radius 1 is 0.442 bits per heavy atom. The first-order valence-corrected chi connectivity index (χ1v) is 29.4. The molecule has 2 aliphatic rings. The van der Waals surface area contributed by atoms with Crippen molar-refractivity contribution in [1.82, 2.24) is 0 Å². The van der Waals surface area contributed by atoms with E-state index in [1.54, 1.807) is 0 Å². The zero-order valence-corrected chi connectivity index (χ0v) is 45.0. The third-order valence-electron chi connectivity index (χ3n) is 16.1. The van der Waals surface area contributed by atoms with Gasteiger partial charge in [-0.05, 0) is 133 Å². The number of allylic oxidation sites excluding steroid dienone is 5. The SMILES string of the molecule is CC1C=C(c2ccc(NC3(C)C=C(c4cccc([Si](c5ccccc5)(c5ccccc5)c5ccccc5)c4)CCC3)c(-c3ccccc3)c2)C=CC1c1cccc(-c2ccccc2Nc2ccc(-c3ccccc3)cc2)c1. The fourth-order valence-electron chi connectivity index (χ4n) is 12.2. The van der Waals surface area contributed by atoms with Gasteiger partial charge >= 0.3 is 0 Å². The minimum absolute atomic E-state index is 0.251. The zero-order chi connectivity index (χ0) is 52.0. The van der Waals surface area contributed by atoms with E-state index < -0.39 is 8.07 Å². The molecule has 0 heterocycles. The Labute approximate surface area is 456 Å². The van der Waals surface area contributed by atoms with Crippen molar-refractivity contribution in [2.75, 3.05) is 10.6 Å². The van der Waals surface area contributed by atoms with Crippen LogP contribution in [0.15, 0.2) is 291 Å². The topological polar surface area (TPSA) is 24.1 Å². The van der Waals surface area contributed by atoms with Crippen molar-refractivity contribution in [2.45, 2.75) is 44.6 Å². The van der Waals surface area contributed by atoms with E-state index in [0.29, 0.717) is 5.92 Å². The lowest BCUT2D eigenvalue weighted by atomic mass is 9.80. The normalized spacial score (nSPS) is 17.2. The van der Waals surface area contributed by atoms with Crippen molar-refractivity contribution in [1.29, 1.82) is 0 Å². The molecule has 2 N–H and O–H groups in total. The highest BCUT2D eigenvalue weighted by Gasteiger charge is 2.41. The molecule has 0 amide bonds. The quantitative estimate of drug-likeness (QED) is 0.0838. The molecule has 0 radical (unpaired) electrons. The zero-order valence-electron chi connectivity index (χ0n) is 44.0. The van der Waals surface area contributed by atoms with E-state index in [1.807, 2.05) is 0 Å². The standard InChI is InChI=1S/C74H64N2Si/c1-54-49-59(42-46-69(54)61-28-20-29-62(50-61)70-38-18-19-39-72(70)75-64-44-40-56(41-45-64)55-23-8-3-9-24-55)60-43-47-73(71(52-60)57-25-10-4-11-26-57)76-74(2)48-22-30-63(53-74)58-27-21-37-68(51-58)77(65-31-12-5-13-32-65,66-33-14-6-15-34-66)67-35-16-7-17-36-67/h3-21,23-29,31-47,49-54,69,75-76H,22,30,48H2,1-2H3. The predicted molar refractivity (Wildman–Crippen MR) is 332 cm³/mol. The Morgan fingerprint density at radius 2 is 0.987 bits per heavy atom. The summed E-state index contributed by atoms with van der Waals surface area (Å²) in [5.74, 6) is 0.546. The molecular weight excluding hydrogens is 945 g/mol. The van der Waals surface area contributed by atoms with E-state index in [4.69, 9.17) is 0 Å². The summed E-state index contributed by atoms with van der Waals surface area (Å²) in [5.41, 5.74) is 16.8. The summed E-state index contributed by atoms with van der Waals surface area (Å²) in [5, 5.41) is 13.4. The smallest absolute Gasteiger partial charge is 0.179 e. The summed E-state index contributed by atoms with van der Waals surface area (Å²) in [6, 6.07) is 98.3. The first-order chi connectivity index (χ1) is 37.9. The molecule has 0 aromatic heterocycles. The van der Waals surface area contributed by atoms with E-state index in [9.17, 15) is 0 Å². The van der Waals surface area contributed by atoms with E-state index >= 15 is 0 Å². The molecule has 3 heteroatoms. The van der Waals surface area contributed by atoms with Gasteiger partial charge in [-0.25, -0.2) is 0 Å². The van der Waals surface area contributed by atoms with Gasteiger partial charge in [-0.15, -0.1) is 0 Å². The maximum absolute atomic E-state index is 4.15. The third-order valence-corrected chi connectivity index (χ3v) is 20.8. The van der Waals surface area contributed by atoms with Gasteiger partial charge in [0.05, 0.1) is 5.54 Å². The van der Waals surface area contributed by atoms with Gasteiger partial charge in [-0.3, -0.25) is 0 Å². The van der Waals surface area contributed by atoms with Gasteiger partial charge in [-0.1, -0.05) is 268 Å². The second kappa shape index (κ2) is 21.8. The van der Waals surface area contributed by atoms with Crippen LogP contribution in [0, 0.1) is 5.92 Å². The van der Waals surface area contributed by atoms with Crippen LogP contribution in [-0.2, 0) is 0 Å². The van der Waals surface area contributed by atoms with Gasteiger partial charge in [0.2, 0.25) is 0 Å². The van der Waals surface area contributed by atoms with E-state index in [2.05, 4.69) is 316 Å². The van der Waals surface area contributed by atoms with Gasteiger partial charge in [0.1, 0.15) is 0 Å². The molecule has 2 nitrogen and oxygen atoms in total. The number of benzene rings is 10. The molecule has 2 aliphatic carbocycles. The van der Waals surface area contributed by atoms with Crippen LogP contribution in [0.25, 0.3) is 44.5 Å². The molecule has 10 aromatic rings. The summed E-state index contributed by atoms with van der Waals surface area (Å²) in [6.07, 6.45) is 13.0. The van der Waals surface area contributed by atoms with Crippen molar-refractivity contribution in [2.24, 2.45) is 5.92 Å². The first-order valence-electron chi connectivity index (χ1n) is 27.4. The molecule has 0 saturated carbocycles. The van der Waals surface area contributed by atoms with Crippen molar-refractivity contribution < 1.29 is 0 Å². The van der Waals surface area contributed by atoms with Crippen molar-refractivity contribution in [3.63, 3.8) is 0 Å². The number of hydrogen-bond donors (Lipinski definition) is 2. The first kappa shape index (κ1) is 49.1. The van der Waals surface area contributed by atoms with Crippen LogP contribution >= 0.6 is 0 Å². The van der Waals surface area contributed by atoms with Crippen LogP contribution in [0.1, 0.15) is 55.7 Å². The molecule has 0 bridgehead atoms. The average Bonchev–Trinajstić information content (AvgIpc) is 3.50. The largest absolute Gasteiger partial charge is 0.376 e. The second-order valence-corrected chi connectivity index (χ2v) is 25.0. The molecule has 0 aliphatic heterocycles. The minimum atomic E-state index is -2.67. The monoisotopic (exact) mass is 1010 g/mol. The number of anilines is 3. The van der Waals surface area contributed by atoms with E-state index in [0.717, 1.165) is 36.3 Å². The highest BCUT2D eigenvalue weighted by atomic mass is 28.3. The highest BCUT2D eigenvalue weighted by Crippen LogP contribution is 2.42. The number of nitrogens with one attached hydrogen (secondary N) is 2. The van der Waals surface area contributed by atoms with Gasteiger partial charge < -0.3 is 10.6 Å². The van der Waals surface area contributed by atoms with Crippen LogP contribution in [0.2, 0.25) is 0 Å². The molecule has 12 rings (SSSR count). The lowest BCUT2D eigenvalue weighted by Gasteiger charge is -2.36. The molecule has 374 valence electrons. The third kappa shape index (κ3) is 10.2. The Kier molecular flexibility index (Phi) is 13.9. The van der Waals surface area contributed by atoms with Gasteiger partial charge in [0, 0.05) is 34.1 Å². The summed E-state index contributed by atoms with van der Waals surface area (Å²) in [4.78, 5) is 0. The fourth-order valence-corrected chi connectivity index (χ4v) is 17.0. The molecule has 10 aromatic carbocycles. The Morgan fingerprint density at radius 3 is 1.65 bits per heavy atom. The number of hydrogen-bond acceptors (Lipinski definition) is 2. The second-order valence-electron chi connectivity index (χ2n) is 21.2. The molecule has 77 heavy (non-hydrogen) atoms. The van der Waals surface area contributed by atoms with Crippen LogP contribution in [0.5, 0.6) is 0 Å². The van der Waals surface area contributed by atoms with Gasteiger partial charge in [0.25, 0.3) is 0 Å². The Hall–Kier alpha value is -8.76. The van der Waals surface area contributed by atoms with Gasteiger partial charge in [-0.2, -0.15) is 0 Å².